The first-order chi connectivity index (χ1) is 9.85. The lowest BCUT2D eigenvalue weighted by Crippen LogP contribution is -2.19. The van der Waals surface area contributed by atoms with Gasteiger partial charge in [-0.2, -0.15) is 0 Å². The zero-order valence-corrected chi connectivity index (χ0v) is 11.8. The van der Waals surface area contributed by atoms with Crippen LogP contribution in [0.5, 0.6) is 17.2 Å². The predicted octanol–water partition coefficient (Wildman–Crippen LogP) is 1.55. The summed E-state index contributed by atoms with van der Waals surface area (Å²) < 4.78 is 21.4. The molecular weight excluding hydrogens is 258 g/mol. The Labute approximate surface area is 119 Å². The van der Waals surface area contributed by atoms with Crippen molar-refractivity contribution in [3.8, 4) is 29.1 Å². The van der Waals surface area contributed by atoms with Gasteiger partial charge in [0.2, 0.25) is 6.79 Å². The Morgan fingerprint density at radius 1 is 1.30 bits per heavy atom. The molecule has 0 radical (unpaired) electrons. The van der Waals surface area contributed by atoms with E-state index in [9.17, 15) is 0 Å². The fraction of sp³-hybridized carbons (Fsp3) is 0.467. The van der Waals surface area contributed by atoms with Crippen LogP contribution in [0.15, 0.2) is 12.1 Å². The molecule has 0 bridgehead atoms. The van der Waals surface area contributed by atoms with Gasteiger partial charge in [0, 0.05) is 31.8 Å². The van der Waals surface area contributed by atoms with Crippen LogP contribution >= 0.6 is 0 Å². The number of benzene rings is 1. The van der Waals surface area contributed by atoms with Gasteiger partial charge in [0.05, 0.1) is 6.61 Å². The van der Waals surface area contributed by atoms with Crippen LogP contribution in [-0.2, 0) is 11.3 Å². The Kier molecular flexibility index (Phi) is 5.54. The van der Waals surface area contributed by atoms with Crippen molar-refractivity contribution in [3.05, 3.63) is 17.7 Å². The van der Waals surface area contributed by atoms with Gasteiger partial charge in [-0.05, 0) is 13.0 Å². The summed E-state index contributed by atoms with van der Waals surface area (Å²) in [7, 11) is 1.68. The number of ether oxygens (including phenoxy) is 4. The fourth-order valence-electron chi connectivity index (χ4n) is 1.82. The molecule has 1 aliphatic heterocycles. The van der Waals surface area contributed by atoms with E-state index in [1.807, 2.05) is 12.1 Å². The normalized spacial score (nSPS) is 11.9. The molecule has 1 aromatic rings. The number of hydrogen-bond acceptors (Lipinski definition) is 5. The highest BCUT2D eigenvalue weighted by Crippen LogP contribution is 2.38. The van der Waals surface area contributed by atoms with E-state index in [-0.39, 0.29) is 6.79 Å². The third-order valence-corrected chi connectivity index (χ3v) is 2.83. The van der Waals surface area contributed by atoms with E-state index >= 15 is 0 Å². The second-order valence-electron chi connectivity index (χ2n) is 4.20. The van der Waals surface area contributed by atoms with E-state index in [1.165, 1.54) is 0 Å². The number of nitrogens with one attached hydrogen (secondary N) is 1. The molecule has 1 N–H and O–H groups in total. The van der Waals surface area contributed by atoms with Gasteiger partial charge in [-0.25, -0.2) is 0 Å². The molecule has 0 aliphatic carbocycles. The lowest BCUT2D eigenvalue weighted by atomic mass is 10.1. The molecule has 2 rings (SSSR count). The maximum absolute atomic E-state index is 5.68. The summed E-state index contributed by atoms with van der Waals surface area (Å²) in [5.74, 6) is 7.92. The van der Waals surface area contributed by atoms with Gasteiger partial charge in [0.25, 0.3) is 0 Å². The molecule has 1 heterocycles. The van der Waals surface area contributed by atoms with E-state index < -0.39 is 0 Å². The van der Waals surface area contributed by atoms with Crippen molar-refractivity contribution >= 4 is 0 Å². The number of rotatable bonds is 7. The average molecular weight is 277 g/mol. The molecule has 1 aromatic carbocycles. The predicted molar refractivity (Wildman–Crippen MR) is 75.1 cm³/mol. The van der Waals surface area contributed by atoms with Crippen LogP contribution in [-0.4, -0.2) is 33.7 Å². The van der Waals surface area contributed by atoms with Crippen LogP contribution in [0.25, 0.3) is 0 Å². The van der Waals surface area contributed by atoms with Gasteiger partial charge in [-0.1, -0.05) is 5.92 Å². The molecular formula is C15H19NO4. The van der Waals surface area contributed by atoms with Crippen molar-refractivity contribution in [2.75, 3.05) is 33.7 Å². The molecule has 108 valence electrons. The fourth-order valence-corrected chi connectivity index (χ4v) is 1.82. The largest absolute Gasteiger partial charge is 0.480 e. The Morgan fingerprint density at radius 2 is 2.10 bits per heavy atom. The molecule has 0 aromatic heterocycles. The van der Waals surface area contributed by atoms with Gasteiger partial charge >= 0.3 is 0 Å². The highest BCUT2D eigenvalue weighted by Gasteiger charge is 2.17. The summed E-state index contributed by atoms with van der Waals surface area (Å²) in [6, 6.07) is 3.80. The first kappa shape index (κ1) is 14.5. The molecule has 5 nitrogen and oxygen atoms in total. The molecule has 0 saturated heterocycles. The monoisotopic (exact) mass is 277 g/mol. The van der Waals surface area contributed by atoms with Crippen LogP contribution < -0.4 is 19.5 Å². The van der Waals surface area contributed by atoms with Crippen LogP contribution in [0.4, 0.5) is 0 Å². The number of hydrogen-bond donors (Lipinski definition) is 1. The summed E-state index contributed by atoms with van der Waals surface area (Å²) in [5, 5.41) is 3.29. The minimum atomic E-state index is 0.254. The van der Waals surface area contributed by atoms with E-state index in [0.717, 1.165) is 23.6 Å². The van der Waals surface area contributed by atoms with E-state index in [2.05, 4.69) is 17.2 Å². The van der Waals surface area contributed by atoms with E-state index in [0.29, 0.717) is 25.5 Å². The minimum Gasteiger partial charge on any atom is -0.480 e. The quantitative estimate of drug-likeness (QED) is 0.605. The minimum absolute atomic E-state index is 0.254. The third kappa shape index (κ3) is 3.80. The van der Waals surface area contributed by atoms with Crippen molar-refractivity contribution in [2.24, 2.45) is 0 Å². The zero-order valence-electron chi connectivity index (χ0n) is 11.8. The van der Waals surface area contributed by atoms with Gasteiger partial charge in [0.15, 0.2) is 11.5 Å². The van der Waals surface area contributed by atoms with Crippen LogP contribution in [0.2, 0.25) is 0 Å². The Balaban J connectivity index is 2.06. The standard InChI is InChI=1S/C15H19NO4/c1-3-4-6-18-13-9-15-14(19-11-20-15)8-12(13)10-16-5-7-17-2/h8-9,16H,5-7,10-11H2,1-2H3. The van der Waals surface area contributed by atoms with Gasteiger partial charge in [-0.15, -0.1) is 5.92 Å². The van der Waals surface area contributed by atoms with Crippen molar-refractivity contribution < 1.29 is 18.9 Å². The maximum Gasteiger partial charge on any atom is 0.231 e. The van der Waals surface area contributed by atoms with E-state index in [1.54, 1.807) is 14.0 Å². The maximum atomic E-state index is 5.68. The lowest BCUT2D eigenvalue weighted by molar-refractivity contribution is 0.174. The molecule has 20 heavy (non-hydrogen) atoms. The molecule has 0 saturated carbocycles. The Bertz CT molecular complexity index is 505. The summed E-state index contributed by atoms with van der Waals surface area (Å²) in [6.45, 7) is 4.53. The van der Waals surface area contributed by atoms with Crippen molar-refractivity contribution in [2.45, 2.75) is 13.5 Å². The van der Waals surface area contributed by atoms with Gasteiger partial charge in [-0.3, -0.25) is 0 Å². The summed E-state index contributed by atoms with van der Waals surface area (Å²) >= 11 is 0. The molecule has 0 atom stereocenters. The van der Waals surface area contributed by atoms with Crippen LogP contribution in [0.3, 0.4) is 0 Å². The smallest absolute Gasteiger partial charge is 0.231 e. The second-order valence-corrected chi connectivity index (χ2v) is 4.20. The number of fused-ring (bicyclic) bond motifs is 1. The SMILES string of the molecule is CC#CCOc1cc2c(cc1CNCCOC)OCO2. The van der Waals surface area contributed by atoms with Crippen molar-refractivity contribution in [3.63, 3.8) is 0 Å². The number of methoxy groups -OCH3 is 1. The molecule has 0 unspecified atom stereocenters. The van der Waals surface area contributed by atoms with E-state index in [4.69, 9.17) is 18.9 Å². The topological polar surface area (TPSA) is 49.0 Å². The van der Waals surface area contributed by atoms with Crippen LogP contribution in [0, 0.1) is 11.8 Å². The molecule has 0 spiro atoms. The lowest BCUT2D eigenvalue weighted by Gasteiger charge is -2.12. The molecule has 0 fully saturated rings. The van der Waals surface area contributed by atoms with Crippen molar-refractivity contribution in [1.29, 1.82) is 0 Å². The average Bonchev–Trinajstić information content (AvgIpc) is 2.91. The first-order valence-corrected chi connectivity index (χ1v) is 6.49. The Morgan fingerprint density at radius 3 is 2.85 bits per heavy atom. The highest BCUT2D eigenvalue weighted by atomic mass is 16.7. The molecule has 5 heteroatoms. The summed E-state index contributed by atoms with van der Waals surface area (Å²) in [4.78, 5) is 0. The molecule has 0 amide bonds. The van der Waals surface area contributed by atoms with Crippen molar-refractivity contribution in [1.82, 2.24) is 5.32 Å². The van der Waals surface area contributed by atoms with Crippen LogP contribution in [0.1, 0.15) is 12.5 Å². The second kappa shape index (κ2) is 7.63. The highest BCUT2D eigenvalue weighted by molar-refractivity contribution is 5.51. The third-order valence-electron chi connectivity index (χ3n) is 2.83. The summed E-state index contributed by atoms with van der Waals surface area (Å²) in [5.41, 5.74) is 1.02. The van der Waals surface area contributed by atoms with Gasteiger partial charge < -0.3 is 24.3 Å². The summed E-state index contributed by atoms with van der Waals surface area (Å²) in [6.07, 6.45) is 0. The first-order valence-electron chi connectivity index (χ1n) is 6.49. The molecule has 1 aliphatic rings. The zero-order chi connectivity index (χ0) is 14.2. The van der Waals surface area contributed by atoms with Gasteiger partial charge in [0.1, 0.15) is 12.4 Å². The Hall–Kier alpha value is -1.90.